The highest BCUT2D eigenvalue weighted by molar-refractivity contribution is 6.32. The number of Topliss-reactive ketones (excluding diaryl/α,β-unsaturated/α-hetero) is 2. The van der Waals surface area contributed by atoms with Gasteiger partial charge in [-0.2, -0.15) is 0 Å². The maximum absolute atomic E-state index is 13.5. The van der Waals surface area contributed by atoms with Crippen molar-refractivity contribution in [1.82, 2.24) is 4.90 Å². The Morgan fingerprint density at radius 3 is 2.15 bits per heavy atom. The zero-order chi connectivity index (χ0) is 28.4. The number of benzene rings is 2. The van der Waals surface area contributed by atoms with Crippen LogP contribution in [-0.2, 0) is 20.9 Å². The zero-order valence-electron chi connectivity index (χ0n) is 22.5. The molecule has 0 radical (unpaired) electrons. The van der Waals surface area contributed by atoms with Gasteiger partial charge in [0.2, 0.25) is 0 Å². The fraction of sp³-hybridized carbons (Fsp3) is 0.400. The maximum atomic E-state index is 13.5. The van der Waals surface area contributed by atoms with E-state index < -0.39 is 10.8 Å². The second-order valence-electron chi connectivity index (χ2n) is 10.1. The van der Waals surface area contributed by atoms with Crippen molar-refractivity contribution in [2.75, 3.05) is 27.4 Å². The SMILES string of the molecule is COCCN1C2=C(C(=O)CCC2)C(c2cc(Cl)c(OCc3ccc([N+](=O)[O-])cc3)c(OC)c2)C2=C1CCCC2=O. The van der Waals surface area contributed by atoms with Crippen LogP contribution < -0.4 is 9.47 Å². The number of hydrogen-bond acceptors (Lipinski definition) is 8. The largest absolute Gasteiger partial charge is 0.493 e. The number of nitrogens with zero attached hydrogens (tertiary/aromatic N) is 2. The molecule has 5 rings (SSSR count). The molecule has 0 bridgehead atoms. The number of allylic oxidation sites excluding steroid dienone is 4. The summed E-state index contributed by atoms with van der Waals surface area (Å²) in [6.45, 7) is 1.19. The number of non-ortho nitro benzene ring substituents is 1. The highest BCUT2D eigenvalue weighted by atomic mass is 35.5. The number of hydrogen-bond donors (Lipinski definition) is 0. The average molecular weight is 567 g/mol. The molecule has 0 saturated heterocycles. The highest BCUT2D eigenvalue weighted by Crippen LogP contribution is 2.51. The van der Waals surface area contributed by atoms with Crippen LogP contribution in [0.4, 0.5) is 5.69 Å². The highest BCUT2D eigenvalue weighted by Gasteiger charge is 2.43. The monoisotopic (exact) mass is 566 g/mol. The summed E-state index contributed by atoms with van der Waals surface area (Å²) < 4.78 is 17.0. The molecule has 0 spiro atoms. The lowest BCUT2D eigenvalue weighted by atomic mass is 9.71. The van der Waals surface area contributed by atoms with E-state index in [2.05, 4.69) is 4.90 Å². The topological polar surface area (TPSA) is 108 Å². The van der Waals surface area contributed by atoms with Crippen LogP contribution in [-0.4, -0.2) is 48.8 Å². The first-order valence-electron chi connectivity index (χ1n) is 13.4. The molecular weight excluding hydrogens is 536 g/mol. The van der Waals surface area contributed by atoms with Crippen LogP contribution in [0.15, 0.2) is 58.9 Å². The lowest BCUT2D eigenvalue weighted by Gasteiger charge is -2.44. The lowest BCUT2D eigenvalue weighted by Crippen LogP contribution is -2.40. The van der Waals surface area contributed by atoms with E-state index in [0.717, 1.165) is 42.6 Å². The van der Waals surface area contributed by atoms with E-state index in [1.807, 2.05) is 0 Å². The second-order valence-corrected chi connectivity index (χ2v) is 10.5. The van der Waals surface area contributed by atoms with Crippen LogP contribution in [0, 0.1) is 10.1 Å². The van der Waals surface area contributed by atoms with Gasteiger partial charge in [0.15, 0.2) is 23.1 Å². The molecule has 0 atom stereocenters. The summed E-state index contributed by atoms with van der Waals surface area (Å²) in [4.78, 5) is 39.6. The Hall–Kier alpha value is -3.69. The quantitative estimate of drug-likeness (QED) is 0.273. The van der Waals surface area contributed by atoms with Crippen molar-refractivity contribution >= 4 is 28.9 Å². The van der Waals surface area contributed by atoms with E-state index in [1.54, 1.807) is 31.4 Å². The van der Waals surface area contributed by atoms with Crippen LogP contribution in [0.25, 0.3) is 0 Å². The summed E-state index contributed by atoms with van der Waals surface area (Å²) in [5.74, 6) is 0.262. The number of ether oxygens (including phenoxy) is 3. The third kappa shape index (κ3) is 5.23. The standard InChI is InChI=1S/C30H31ClN2O7/c1-38-14-13-32-22-5-3-7-24(34)28(22)27(29-23(32)6-4-8-25(29)35)19-15-21(31)30(26(16-19)39-2)40-17-18-9-11-20(12-10-18)33(36)37/h9-12,15-16,27H,3-8,13-14,17H2,1-2H3. The van der Waals surface area contributed by atoms with Gasteiger partial charge in [-0.05, 0) is 61.1 Å². The van der Waals surface area contributed by atoms with Crippen LogP contribution in [0.1, 0.15) is 55.6 Å². The Morgan fingerprint density at radius 1 is 0.975 bits per heavy atom. The molecule has 210 valence electrons. The number of carbonyl (C=O) groups excluding carboxylic acids is 2. The molecule has 1 heterocycles. The number of ketones is 2. The van der Waals surface area contributed by atoms with Gasteiger partial charge in [-0.25, -0.2) is 0 Å². The molecule has 0 saturated carbocycles. The van der Waals surface area contributed by atoms with Crippen LogP contribution in [0.3, 0.4) is 0 Å². The van der Waals surface area contributed by atoms with Crippen molar-refractivity contribution in [3.05, 3.63) is 85.2 Å². The number of halogens is 1. The fourth-order valence-corrected chi connectivity index (χ4v) is 6.19. The van der Waals surface area contributed by atoms with Crippen LogP contribution >= 0.6 is 11.6 Å². The molecule has 0 N–H and O–H groups in total. The molecule has 3 aliphatic rings. The van der Waals surface area contributed by atoms with Crippen molar-refractivity contribution in [2.24, 2.45) is 0 Å². The van der Waals surface area contributed by atoms with Crippen molar-refractivity contribution in [1.29, 1.82) is 0 Å². The normalized spacial score (nSPS) is 17.6. The van der Waals surface area contributed by atoms with Crippen molar-refractivity contribution in [3.63, 3.8) is 0 Å². The number of nitro groups is 1. The van der Waals surface area contributed by atoms with Gasteiger partial charge in [-0.3, -0.25) is 19.7 Å². The zero-order valence-corrected chi connectivity index (χ0v) is 23.3. The number of carbonyl (C=O) groups is 2. The first kappa shape index (κ1) is 27.9. The van der Waals surface area contributed by atoms with Gasteiger partial charge in [0, 0.05) is 67.1 Å². The van der Waals surface area contributed by atoms with Crippen LogP contribution in [0.5, 0.6) is 11.5 Å². The summed E-state index contributed by atoms with van der Waals surface area (Å²) in [5, 5.41) is 11.2. The predicted octanol–water partition coefficient (Wildman–Crippen LogP) is 5.90. The van der Waals surface area contributed by atoms with E-state index in [-0.39, 0.29) is 28.9 Å². The summed E-state index contributed by atoms with van der Waals surface area (Å²) in [6, 6.07) is 9.62. The number of methoxy groups -OCH3 is 2. The van der Waals surface area contributed by atoms with E-state index >= 15 is 0 Å². The Labute approximate surface area is 237 Å². The Bertz CT molecular complexity index is 1370. The molecule has 40 heavy (non-hydrogen) atoms. The van der Waals surface area contributed by atoms with E-state index in [9.17, 15) is 19.7 Å². The Kier molecular flexibility index (Phi) is 8.23. The lowest BCUT2D eigenvalue weighted by molar-refractivity contribution is -0.384. The molecule has 2 aromatic carbocycles. The third-order valence-corrected chi connectivity index (χ3v) is 8.00. The molecule has 2 aromatic rings. The van der Waals surface area contributed by atoms with Gasteiger partial charge in [-0.15, -0.1) is 0 Å². The fourth-order valence-electron chi connectivity index (χ4n) is 5.92. The van der Waals surface area contributed by atoms with Crippen molar-refractivity contribution in [2.45, 2.75) is 51.0 Å². The maximum Gasteiger partial charge on any atom is 0.269 e. The number of rotatable bonds is 9. The first-order valence-corrected chi connectivity index (χ1v) is 13.7. The molecule has 1 aliphatic heterocycles. The van der Waals surface area contributed by atoms with Gasteiger partial charge in [-0.1, -0.05) is 11.6 Å². The molecule has 0 unspecified atom stereocenters. The van der Waals surface area contributed by atoms with Crippen molar-refractivity contribution < 1.29 is 28.7 Å². The van der Waals surface area contributed by atoms with E-state index in [4.69, 9.17) is 25.8 Å². The van der Waals surface area contributed by atoms with Gasteiger partial charge < -0.3 is 19.1 Å². The Morgan fingerprint density at radius 2 is 1.60 bits per heavy atom. The number of nitro benzene ring substituents is 1. The van der Waals surface area contributed by atoms with E-state index in [1.165, 1.54) is 19.2 Å². The minimum atomic E-state index is -0.528. The summed E-state index contributed by atoms with van der Waals surface area (Å²) in [6.07, 6.45) is 3.92. The molecule has 10 heteroatoms. The minimum Gasteiger partial charge on any atom is -0.493 e. The average Bonchev–Trinajstić information content (AvgIpc) is 2.95. The molecule has 2 aliphatic carbocycles. The molecule has 9 nitrogen and oxygen atoms in total. The van der Waals surface area contributed by atoms with Crippen molar-refractivity contribution in [3.8, 4) is 11.5 Å². The second kappa shape index (κ2) is 11.8. The molecule has 0 amide bonds. The first-order chi connectivity index (χ1) is 19.3. The van der Waals surface area contributed by atoms with Gasteiger partial charge in [0.25, 0.3) is 5.69 Å². The summed E-state index contributed by atoms with van der Waals surface area (Å²) >= 11 is 6.76. The third-order valence-electron chi connectivity index (χ3n) is 7.72. The van der Waals surface area contributed by atoms with E-state index in [0.29, 0.717) is 54.2 Å². The van der Waals surface area contributed by atoms with Gasteiger partial charge in [0.1, 0.15) is 6.61 Å². The minimum absolute atomic E-state index is 0.00569. The van der Waals surface area contributed by atoms with Gasteiger partial charge >= 0.3 is 0 Å². The Balaban J connectivity index is 1.54. The summed E-state index contributed by atoms with van der Waals surface area (Å²) in [5.41, 5.74) is 4.69. The smallest absolute Gasteiger partial charge is 0.269 e. The van der Waals surface area contributed by atoms with Crippen LogP contribution in [0.2, 0.25) is 5.02 Å². The summed E-state index contributed by atoms with van der Waals surface area (Å²) in [7, 11) is 3.16. The molecular formula is C30H31ClN2O7. The predicted molar refractivity (Wildman–Crippen MR) is 149 cm³/mol. The van der Waals surface area contributed by atoms with Gasteiger partial charge in [0.05, 0.1) is 23.7 Å². The molecule has 0 fully saturated rings. The molecule has 0 aromatic heterocycles.